The number of aldehydes is 1. The van der Waals surface area contributed by atoms with Gasteiger partial charge in [0.1, 0.15) is 6.29 Å². The summed E-state index contributed by atoms with van der Waals surface area (Å²) in [6.07, 6.45) is 0.916. The zero-order valence-corrected chi connectivity index (χ0v) is 14.6. The minimum atomic E-state index is -1.12. The summed E-state index contributed by atoms with van der Waals surface area (Å²) in [7, 11) is 0. The number of nitrogens with zero attached hydrogens (tertiary/aromatic N) is 3. The molecule has 1 N–H and O–H groups in total. The number of amides is 1. The Bertz CT molecular complexity index is 1100. The number of halogens is 2. The number of aromatic nitrogens is 2. The van der Waals surface area contributed by atoms with E-state index in [9.17, 15) is 28.5 Å². The molecule has 1 heterocycles. The molecule has 0 aliphatic heterocycles. The fourth-order valence-corrected chi connectivity index (χ4v) is 2.79. The first-order valence-corrected chi connectivity index (χ1v) is 8.23. The lowest BCUT2D eigenvalue weighted by atomic mass is 10.2. The molecule has 0 aliphatic rings. The highest BCUT2D eigenvalue weighted by molar-refractivity contribution is 6.04. The average molecular weight is 388 g/mol. The Labute approximate surface area is 156 Å². The van der Waals surface area contributed by atoms with Crippen LogP contribution in [-0.4, -0.2) is 26.7 Å². The van der Waals surface area contributed by atoms with E-state index in [-0.39, 0.29) is 28.2 Å². The molecule has 144 valence electrons. The maximum atomic E-state index is 13.7. The van der Waals surface area contributed by atoms with Gasteiger partial charge in [0.2, 0.25) is 5.95 Å². The van der Waals surface area contributed by atoms with Gasteiger partial charge < -0.3 is 4.79 Å². The van der Waals surface area contributed by atoms with E-state index in [0.29, 0.717) is 12.7 Å². The van der Waals surface area contributed by atoms with Crippen molar-refractivity contribution in [2.75, 3.05) is 5.32 Å². The monoisotopic (exact) mass is 388 g/mol. The van der Waals surface area contributed by atoms with Crippen molar-refractivity contribution in [3.8, 4) is 0 Å². The van der Waals surface area contributed by atoms with Crippen LogP contribution in [0.5, 0.6) is 0 Å². The highest BCUT2D eigenvalue weighted by Crippen LogP contribution is 2.28. The van der Waals surface area contributed by atoms with Gasteiger partial charge in [-0.2, -0.15) is 0 Å². The number of non-ortho nitro benzene ring substituents is 1. The third-order valence-corrected chi connectivity index (χ3v) is 4.18. The summed E-state index contributed by atoms with van der Waals surface area (Å²) < 4.78 is 28.6. The molecule has 0 spiro atoms. The quantitative estimate of drug-likeness (QED) is 0.394. The Morgan fingerprint density at radius 2 is 2.04 bits per heavy atom. The predicted octanol–water partition coefficient (Wildman–Crippen LogP) is 3.63. The number of carbonyl (C=O) groups excluding carboxylic acids is 2. The van der Waals surface area contributed by atoms with E-state index in [1.807, 2.05) is 0 Å². The van der Waals surface area contributed by atoms with Gasteiger partial charge in [0.05, 0.1) is 22.0 Å². The molecule has 2 aromatic carbocycles. The third-order valence-electron chi connectivity index (χ3n) is 4.18. The molecule has 0 saturated heterocycles. The van der Waals surface area contributed by atoms with Crippen molar-refractivity contribution in [1.29, 1.82) is 0 Å². The van der Waals surface area contributed by atoms with Crippen molar-refractivity contribution in [1.82, 2.24) is 9.55 Å². The maximum absolute atomic E-state index is 13.7. The lowest BCUT2D eigenvalue weighted by Crippen LogP contribution is -2.19. The van der Waals surface area contributed by atoms with Crippen LogP contribution in [-0.2, 0) is 4.79 Å². The van der Waals surface area contributed by atoms with Crippen LogP contribution < -0.4 is 5.32 Å². The van der Waals surface area contributed by atoms with Crippen molar-refractivity contribution < 1.29 is 23.3 Å². The van der Waals surface area contributed by atoms with Crippen molar-refractivity contribution in [3.05, 3.63) is 63.7 Å². The van der Waals surface area contributed by atoms with Crippen molar-refractivity contribution in [3.63, 3.8) is 0 Å². The lowest BCUT2D eigenvalue weighted by Gasteiger charge is -2.15. The van der Waals surface area contributed by atoms with Crippen LogP contribution in [0, 0.1) is 21.7 Å². The Morgan fingerprint density at radius 1 is 1.32 bits per heavy atom. The molecule has 3 aromatic rings. The molecule has 0 bridgehead atoms. The number of rotatable bonds is 6. The topological polar surface area (TPSA) is 107 Å². The van der Waals surface area contributed by atoms with Gasteiger partial charge in [-0.1, -0.05) is 13.0 Å². The van der Waals surface area contributed by atoms with Gasteiger partial charge in [-0.3, -0.25) is 24.8 Å². The molecule has 0 saturated carbocycles. The minimum Gasteiger partial charge on any atom is -0.301 e. The van der Waals surface area contributed by atoms with E-state index in [0.717, 1.165) is 18.2 Å². The second-order valence-electron chi connectivity index (χ2n) is 5.93. The molecule has 8 nitrogen and oxygen atoms in total. The van der Waals surface area contributed by atoms with E-state index in [4.69, 9.17) is 0 Å². The number of imidazole rings is 1. The number of hydrogen-bond donors (Lipinski definition) is 1. The molecule has 1 atom stereocenters. The molecule has 0 radical (unpaired) electrons. The van der Waals surface area contributed by atoms with Crippen LogP contribution in [0.1, 0.15) is 29.7 Å². The largest absolute Gasteiger partial charge is 0.301 e. The number of nitrogens with one attached hydrogen (secondary N) is 1. The first kappa shape index (κ1) is 19.1. The number of benzene rings is 2. The number of fused-ring (bicyclic) bond motifs is 1. The standard InChI is InChI=1S/C18H14F2N4O4/c1-2-11(9-25)23-16-8-14(20)13(19)7-15(16)21-18(23)22-17(26)10-4-3-5-12(6-10)24(27)28/h3-9,11H,2H2,1H3,(H,21,22,26). The van der Waals surface area contributed by atoms with Gasteiger partial charge in [0, 0.05) is 29.8 Å². The number of anilines is 1. The van der Waals surface area contributed by atoms with Crippen molar-refractivity contribution >= 4 is 34.9 Å². The van der Waals surface area contributed by atoms with Crippen LogP contribution in [0.4, 0.5) is 20.4 Å². The third kappa shape index (κ3) is 3.43. The first-order chi connectivity index (χ1) is 13.3. The SMILES string of the molecule is CCC(C=O)n1c(NC(=O)c2cccc([N+](=O)[O-])c2)nc2cc(F)c(F)cc21. The Hall–Kier alpha value is -3.69. The van der Waals surface area contributed by atoms with Crippen molar-refractivity contribution in [2.45, 2.75) is 19.4 Å². The van der Waals surface area contributed by atoms with E-state index < -0.39 is 28.5 Å². The van der Waals surface area contributed by atoms with E-state index in [2.05, 4.69) is 10.3 Å². The van der Waals surface area contributed by atoms with Crippen molar-refractivity contribution in [2.24, 2.45) is 0 Å². The fourth-order valence-electron chi connectivity index (χ4n) is 2.79. The van der Waals surface area contributed by atoms with Gasteiger partial charge in [0.15, 0.2) is 11.6 Å². The molecule has 1 unspecified atom stereocenters. The zero-order chi connectivity index (χ0) is 20.4. The summed E-state index contributed by atoms with van der Waals surface area (Å²) in [5.41, 5.74) is -0.102. The Morgan fingerprint density at radius 3 is 2.68 bits per heavy atom. The summed E-state index contributed by atoms with van der Waals surface area (Å²) in [6.45, 7) is 1.71. The molecule has 0 aliphatic carbocycles. The van der Waals surface area contributed by atoms with E-state index in [1.54, 1.807) is 6.92 Å². The highest BCUT2D eigenvalue weighted by Gasteiger charge is 2.22. The normalized spacial score (nSPS) is 12.0. The molecule has 1 amide bonds. The van der Waals surface area contributed by atoms with E-state index in [1.165, 1.54) is 22.8 Å². The number of nitro benzene ring substituents is 1. The number of carbonyl (C=O) groups is 2. The van der Waals surface area contributed by atoms with Crippen LogP contribution in [0.15, 0.2) is 36.4 Å². The average Bonchev–Trinajstić information content (AvgIpc) is 3.00. The molecule has 3 rings (SSSR count). The molecule has 10 heteroatoms. The second kappa shape index (κ2) is 7.51. The molecule has 28 heavy (non-hydrogen) atoms. The predicted molar refractivity (Wildman–Crippen MR) is 96.1 cm³/mol. The lowest BCUT2D eigenvalue weighted by molar-refractivity contribution is -0.384. The van der Waals surface area contributed by atoms with Gasteiger partial charge in [-0.05, 0) is 12.5 Å². The van der Waals surface area contributed by atoms with Gasteiger partial charge in [-0.15, -0.1) is 0 Å². The summed E-state index contributed by atoms with van der Waals surface area (Å²) in [5.74, 6) is -3.06. The van der Waals surface area contributed by atoms with Crippen LogP contribution >= 0.6 is 0 Å². The zero-order valence-electron chi connectivity index (χ0n) is 14.6. The molecular formula is C18H14F2N4O4. The Kier molecular flexibility index (Phi) is 5.12. The van der Waals surface area contributed by atoms with Gasteiger partial charge in [-0.25, -0.2) is 13.8 Å². The van der Waals surface area contributed by atoms with Crippen LogP contribution in [0.3, 0.4) is 0 Å². The van der Waals surface area contributed by atoms with E-state index >= 15 is 0 Å². The number of hydrogen-bond acceptors (Lipinski definition) is 5. The van der Waals surface area contributed by atoms with Crippen LogP contribution in [0.2, 0.25) is 0 Å². The summed E-state index contributed by atoms with van der Waals surface area (Å²) >= 11 is 0. The summed E-state index contributed by atoms with van der Waals surface area (Å²) in [5, 5.41) is 13.3. The fraction of sp³-hybridized carbons (Fsp3) is 0.167. The first-order valence-electron chi connectivity index (χ1n) is 8.23. The number of nitro groups is 1. The van der Waals surface area contributed by atoms with Gasteiger partial charge in [0.25, 0.3) is 11.6 Å². The highest BCUT2D eigenvalue weighted by atomic mass is 19.2. The maximum Gasteiger partial charge on any atom is 0.270 e. The van der Waals surface area contributed by atoms with Gasteiger partial charge >= 0.3 is 0 Å². The minimum absolute atomic E-state index is 0.00989. The second-order valence-corrected chi connectivity index (χ2v) is 5.93. The van der Waals surface area contributed by atoms with Crippen LogP contribution in [0.25, 0.3) is 11.0 Å². The summed E-state index contributed by atoms with van der Waals surface area (Å²) in [6, 6.07) is 6.01. The smallest absolute Gasteiger partial charge is 0.270 e. The Balaban J connectivity index is 2.08. The molecule has 0 fully saturated rings. The summed E-state index contributed by atoms with van der Waals surface area (Å²) in [4.78, 5) is 38.3. The molecule has 1 aromatic heterocycles. The molecular weight excluding hydrogens is 374 g/mol.